The Morgan fingerprint density at radius 1 is 1.50 bits per heavy atom. The maximum atomic E-state index is 5.27. The standard InChI is InChI=1S/C9H8OS2/c11-6-8-4-7(5-10-8)9-2-1-3-12-9/h1-5,11H,6H2. The maximum absolute atomic E-state index is 5.27. The molecule has 0 N–H and O–H groups in total. The van der Waals surface area contributed by atoms with Crippen LogP contribution in [0.15, 0.2) is 34.3 Å². The molecule has 1 nitrogen and oxygen atoms in total. The fraction of sp³-hybridized carbons (Fsp3) is 0.111. The van der Waals surface area contributed by atoms with Crippen LogP contribution in [0.2, 0.25) is 0 Å². The lowest BCUT2D eigenvalue weighted by molar-refractivity contribution is 0.531. The van der Waals surface area contributed by atoms with Gasteiger partial charge in [0.05, 0.1) is 6.26 Å². The number of furan rings is 1. The van der Waals surface area contributed by atoms with Crippen LogP contribution in [0.3, 0.4) is 0 Å². The summed E-state index contributed by atoms with van der Waals surface area (Å²) < 4.78 is 5.27. The normalized spacial score (nSPS) is 10.4. The van der Waals surface area contributed by atoms with E-state index in [1.54, 1.807) is 17.6 Å². The van der Waals surface area contributed by atoms with Gasteiger partial charge in [0.1, 0.15) is 5.76 Å². The van der Waals surface area contributed by atoms with Crippen molar-refractivity contribution in [3.63, 3.8) is 0 Å². The van der Waals surface area contributed by atoms with Crippen LogP contribution in [0, 0.1) is 0 Å². The van der Waals surface area contributed by atoms with Crippen LogP contribution >= 0.6 is 24.0 Å². The topological polar surface area (TPSA) is 13.1 Å². The Balaban J connectivity index is 2.35. The van der Waals surface area contributed by atoms with E-state index in [0.717, 1.165) is 11.3 Å². The molecule has 0 fully saturated rings. The number of hydrogen-bond acceptors (Lipinski definition) is 3. The molecule has 62 valence electrons. The summed E-state index contributed by atoms with van der Waals surface area (Å²) in [5.41, 5.74) is 1.15. The van der Waals surface area contributed by atoms with Crippen molar-refractivity contribution in [2.75, 3.05) is 0 Å². The lowest BCUT2D eigenvalue weighted by Crippen LogP contribution is -1.65. The summed E-state index contributed by atoms with van der Waals surface area (Å²) in [6.07, 6.45) is 1.78. The summed E-state index contributed by atoms with van der Waals surface area (Å²) in [6, 6.07) is 6.14. The van der Waals surface area contributed by atoms with Crippen molar-refractivity contribution in [2.45, 2.75) is 5.75 Å². The van der Waals surface area contributed by atoms with Gasteiger partial charge < -0.3 is 4.42 Å². The molecule has 0 radical (unpaired) electrons. The summed E-state index contributed by atoms with van der Waals surface area (Å²) >= 11 is 5.85. The van der Waals surface area contributed by atoms with E-state index < -0.39 is 0 Å². The van der Waals surface area contributed by atoms with E-state index in [2.05, 4.69) is 24.1 Å². The van der Waals surface area contributed by atoms with E-state index in [4.69, 9.17) is 4.42 Å². The number of hydrogen-bond donors (Lipinski definition) is 1. The molecule has 2 rings (SSSR count). The van der Waals surface area contributed by atoms with Crippen molar-refractivity contribution in [1.82, 2.24) is 0 Å². The average Bonchev–Trinajstić information content (AvgIpc) is 2.75. The zero-order valence-corrected chi connectivity index (χ0v) is 8.07. The third-order valence-corrected chi connectivity index (χ3v) is 2.85. The summed E-state index contributed by atoms with van der Waals surface area (Å²) in [4.78, 5) is 1.24. The molecule has 0 aliphatic heterocycles. The first kappa shape index (κ1) is 7.95. The molecular formula is C9H8OS2. The molecule has 0 saturated heterocycles. The molecule has 3 heteroatoms. The van der Waals surface area contributed by atoms with Gasteiger partial charge in [-0.05, 0) is 17.5 Å². The Hall–Kier alpha value is -0.670. The quantitative estimate of drug-likeness (QED) is 0.726. The SMILES string of the molecule is SCc1cc(-c2cccs2)co1. The van der Waals surface area contributed by atoms with E-state index in [1.165, 1.54) is 4.88 Å². The first-order valence-electron chi connectivity index (χ1n) is 3.62. The fourth-order valence-corrected chi connectivity index (χ4v) is 1.91. The zero-order chi connectivity index (χ0) is 8.39. The van der Waals surface area contributed by atoms with E-state index in [9.17, 15) is 0 Å². The third kappa shape index (κ3) is 1.42. The predicted molar refractivity (Wildman–Crippen MR) is 54.7 cm³/mol. The van der Waals surface area contributed by atoms with E-state index >= 15 is 0 Å². The molecule has 0 aliphatic rings. The molecule has 0 bridgehead atoms. The van der Waals surface area contributed by atoms with Gasteiger partial charge in [-0.15, -0.1) is 11.3 Å². The van der Waals surface area contributed by atoms with Gasteiger partial charge in [-0.3, -0.25) is 0 Å². The van der Waals surface area contributed by atoms with Gasteiger partial charge in [-0.2, -0.15) is 12.6 Å². The van der Waals surface area contributed by atoms with Gasteiger partial charge in [0.2, 0.25) is 0 Å². The van der Waals surface area contributed by atoms with E-state index in [1.807, 2.05) is 12.1 Å². The van der Waals surface area contributed by atoms with Crippen molar-refractivity contribution < 1.29 is 4.42 Å². The van der Waals surface area contributed by atoms with Gasteiger partial charge in [0, 0.05) is 16.2 Å². The highest BCUT2D eigenvalue weighted by molar-refractivity contribution is 7.79. The second kappa shape index (κ2) is 3.37. The molecule has 0 spiro atoms. The molecule has 0 aromatic carbocycles. The van der Waals surface area contributed by atoms with Crippen molar-refractivity contribution in [1.29, 1.82) is 0 Å². The van der Waals surface area contributed by atoms with Crippen molar-refractivity contribution in [2.24, 2.45) is 0 Å². The summed E-state index contributed by atoms with van der Waals surface area (Å²) in [6.45, 7) is 0. The van der Waals surface area contributed by atoms with Crippen molar-refractivity contribution in [3.8, 4) is 10.4 Å². The van der Waals surface area contributed by atoms with Gasteiger partial charge in [-0.1, -0.05) is 6.07 Å². The van der Waals surface area contributed by atoms with Gasteiger partial charge in [0.15, 0.2) is 0 Å². The Bertz CT molecular complexity index is 348. The highest BCUT2D eigenvalue weighted by atomic mass is 32.1. The molecular weight excluding hydrogens is 188 g/mol. The second-order valence-electron chi connectivity index (χ2n) is 2.44. The third-order valence-electron chi connectivity index (χ3n) is 1.62. The first-order chi connectivity index (χ1) is 5.90. The Labute approximate surface area is 80.4 Å². The predicted octanol–water partition coefficient (Wildman–Crippen LogP) is 3.44. The molecule has 2 aromatic heterocycles. The smallest absolute Gasteiger partial charge is 0.114 e. The molecule has 0 atom stereocenters. The summed E-state index contributed by atoms with van der Waals surface area (Å²) in [7, 11) is 0. The van der Waals surface area contributed by atoms with Crippen LogP contribution in [-0.2, 0) is 5.75 Å². The van der Waals surface area contributed by atoms with Gasteiger partial charge >= 0.3 is 0 Å². The van der Waals surface area contributed by atoms with Crippen LogP contribution in [0.25, 0.3) is 10.4 Å². The molecule has 12 heavy (non-hydrogen) atoms. The summed E-state index contributed by atoms with van der Waals surface area (Å²) in [5.74, 6) is 1.58. The lowest BCUT2D eigenvalue weighted by atomic mass is 10.3. The van der Waals surface area contributed by atoms with Gasteiger partial charge in [0.25, 0.3) is 0 Å². The minimum atomic E-state index is 0.658. The number of thiol groups is 1. The Morgan fingerprint density at radius 3 is 3.00 bits per heavy atom. The van der Waals surface area contributed by atoms with Gasteiger partial charge in [-0.25, -0.2) is 0 Å². The van der Waals surface area contributed by atoms with E-state index in [-0.39, 0.29) is 0 Å². The van der Waals surface area contributed by atoms with E-state index in [0.29, 0.717) is 5.75 Å². The molecule has 2 aromatic rings. The largest absolute Gasteiger partial charge is 0.468 e. The van der Waals surface area contributed by atoms with Crippen LogP contribution in [0.5, 0.6) is 0 Å². The molecule has 0 unspecified atom stereocenters. The van der Waals surface area contributed by atoms with Crippen LogP contribution in [0.1, 0.15) is 5.76 Å². The van der Waals surface area contributed by atoms with Crippen molar-refractivity contribution >= 4 is 24.0 Å². The van der Waals surface area contributed by atoms with Crippen LogP contribution < -0.4 is 0 Å². The van der Waals surface area contributed by atoms with Crippen molar-refractivity contribution in [3.05, 3.63) is 35.6 Å². The fourth-order valence-electron chi connectivity index (χ4n) is 1.04. The Kier molecular flexibility index (Phi) is 2.23. The number of thiophene rings is 1. The molecule has 0 amide bonds. The zero-order valence-electron chi connectivity index (χ0n) is 6.36. The first-order valence-corrected chi connectivity index (χ1v) is 5.13. The monoisotopic (exact) mass is 196 g/mol. The molecule has 0 aliphatic carbocycles. The average molecular weight is 196 g/mol. The maximum Gasteiger partial charge on any atom is 0.114 e. The Morgan fingerprint density at radius 2 is 2.42 bits per heavy atom. The van der Waals surface area contributed by atoms with Crippen LogP contribution in [-0.4, -0.2) is 0 Å². The molecule has 2 heterocycles. The highest BCUT2D eigenvalue weighted by Crippen LogP contribution is 2.26. The number of rotatable bonds is 2. The minimum absolute atomic E-state index is 0.658. The van der Waals surface area contributed by atoms with Crippen LogP contribution in [0.4, 0.5) is 0 Å². The minimum Gasteiger partial charge on any atom is -0.468 e. The highest BCUT2D eigenvalue weighted by Gasteiger charge is 2.02. The second-order valence-corrected chi connectivity index (χ2v) is 3.70. The summed E-state index contributed by atoms with van der Waals surface area (Å²) in [5, 5.41) is 2.06. The molecule has 0 saturated carbocycles. The lowest BCUT2D eigenvalue weighted by Gasteiger charge is -1.84.